The minimum Gasteiger partial charge on any atom is -0.496 e. The Hall–Kier alpha value is -6.39. The van der Waals surface area contributed by atoms with Crippen LogP contribution in [-0.2, 0) is 17.8 Å². The molecule has 16 heteroatoms. The number of para-hydroxylation sites is 2. The van der Waals surface area contributed by atoms with Crippen molar-refractivity contribution in [1.29, 1.82) is 0 Å². The monoisotopic (exact) mass is 890 g/mol. The molecule has 1 saturated heterocycles. The van der Waals surface area contributed by atoms with Crippen LogP contribution >= 0.6 is 22.9 Å². The molecular weight excluding hydrogens is 847 g/mol. The Morgan fingerprint density at radius 1 is 0.857 bits per heavy atom. The zero-order valence-corrected chi connectivity index (χ0v) is 36.4. The molecule has 0 amide bonds. The molecule has 0 unspecified atom stereocenters. The van der Waals surface area contributed by atoms with E-state index in [1.54, 1.807) is 61.8 Å². The summed E-state index contributed by atoms with van der Waals surface area (Å²) in [5.41, 5.74) is 3.75. The molecule has 63 heavy (non-hydrogen) atoms. The number of fused-ring (bicyclic) bond motifs is 1. The van der Waals surface area contributed by atoms with E-state index in [9.17, 15) is 14.3 Å². The lowest BCUT2D eigenvalue weighted by molar-refractivity contribution is -0.145. The quantitative estimate of drug-likeness (QED) is 0.0934. The third kappa shape index (κ3) is 9.81. The number of carboxylic acids is 1. The van der Waals surface area contributed by atoms with Crippen molar-refractivity contribution < 1.29 is 38.0 Å². The van der Waals surface area contributed by atoms with Crippen molar-refractivity contribution in [1.82, 2.24) is 29.7 Å². The first-order chi connectivity index (χ1) is 30.7. The van der Waals surface area contributed by atoms with Gasteiger partial charge in [0.1, 0.15) is 58.2 Å². The Morgan fingerprint density at radius 2 is 1.62 bits per heavy atom. The molecule has 1 atom stereocenters. The summed E-state index contributed by atoms with van der Waals surface area (Å²) < 4.78 is 44.5. The molecule has 1 fully saturated rings. The number of nitrogens with zero attached hydrogens (tertiary/aromatic N) is 6. The van der Waals surface area contributed by atoms with Gasteiger partial charge in [0.15, 0.2) is 5.82 Å². The van der Waals surface area contributed by atoms with Crippen molar-refractivity contribution in [2.75, 3.05) is 60.6 Å². The van der Waals surface area contributed by atoms with E-state index in [2.05, 4.69) is 31.8 Å². The Bertz CT molecular complexity index is 2710. The third-order valence-corrected chi connectivity index (χ3v) is 12.2. The zero-order valence-electron chi connectivity index (χ0n) is 34.8. The fourth-order valence-corrected chi connectivity index (χ4v) is 8.82. The van der Waals surface area contributed by atoms with Gasteiger partial charge in [-0.15, -0.1) is 11.3 Å². The highest BCUT2D eigenvalue weighted by molar-refractivity contribution is 7.22. The molecule has 1 aliphatic rings. The Kier molecular flexibility index (Phi) is 13.6. The summed E-state index contributed by atoms with van der Waals surface area (Å²) in [4.78, 5) is 37.1. The topological polar surface area (TPSA) is 141 Å². The highest BCUT2D eigenvalue weighted by Gasteiger charge is 2.29. The second kappa shape index (κ2) is 19.8. The molecule has 8 rings (SSSR count). The van der Waals surface area contributed by atoms with E-state index in [1.165, 1.54) is 36.9 Å². The van der Waals surface area contributed by atoms with Crippen molar-refractivity contribution >= 4 is 39.1 Å². The van der Waals surface area contributed by atoms with Crippen LogP contribution in [0.15, 0.2) is 104 Å². The highest BCUT2D eigenvalue weighted by Crippen LogP contribution is 2.52. The van der Waals surface area contributed by atoms with Gasteiger partial charge in [0, 0.05) is 61.3 Å². The van der Waals surface area contributed by atoms with Gasteiger partial charge in [0.2, 0.25) is 12.0 Å². The van der Waals surface area contributed by atoms with Crippen LogP contribution in [0.5, 0.6) is 28.9 Å². The Balaban J connectivity index is 1.10. The number of hydrogen-bond donors (Lipinski definition) is 1. The average Bonchev–Trinajstić information content (AvgIpc) is 3.70. The van der Waals surface area contributed by atoms with Crippen molar-refractivity contribution in [3.8, 4) is 61.8 Å². The second-order valence-electron chi connectivity index (χ2n) is 14.7. The van der Waals surface area contributed by atoms with Crippen molar-refractivity contribution in [3.05, 3.63) is 126 Å². The normalized spacial score (nSPS) is 13.7. The lowest BCUT2D eigenvalue weighted by Gasteiger charge is -2.32. The number of halogens is 2. The minimum atomic E-state index is -1.41. The van der Waals surface area contributed by atoms with Gasteiger partial charge in [-0.3, -0.25) is 4.90 Å². The van der Waals surface area contributed by atoms with Crippen LogP contribution in [0.2, 0.25) is 5.02 Å². The smallest absolute Gasteiger partial charge is 0.345 e. The summed E-state index contributed by atoms with van der Waals surface area (Å²) in [5, 5.41) is 11.3. The number of hydrogen-bond acceptors (Lipinski definition) is 13. The number of carbonyl (C=O) groups is 1. The van der Waals surface area contributed by atoms with Gasteiger partial charge in [0.05, 0.1) is 30.9 Å². The maximum absolute atomic E-state index is 14.2. The molecule has 7 aromatic rings. The van der Waals surface area contributed by atoms with Crippen LogP contribution in [-0.4, -0.2) is 108 Å². The van der Waals surface area contributed by atoms with E-state index < -0.39 is 17.9 Å². The van der Waals surface area contributed by atoms with Gasteiger partial charge in [-0.1, -0.05) is 54.1 Å². The largest absolute Gasteiger partial charge is 0.496 e. The Morgan fingerprint density at radius 3 is 2.38 bits per heavy atom. The third-order valence-electron chi connectivity index (χ3n) is 10.7. The van der Waals surface area contributed by atoms with E-state index in [-0.39, 0.29) is 23.9 Å². The van der Waals surface area contributed by atoms with Crippen LogP contribution in [0.3, 0.4) is 0 Å². The number of aromatic nitrogens is 4. The molecule has 3 aromatic heterocycles. The number of rotatable bonds is 17. The summed E-state index contributed by atoms with van der Waals surface area (Å²) in [6.07, 6.45) is 1.49. The number of thiophene rings is 1. The standard InChI is InChI=1S/C47H44ClFN6O7S/c1-54-20-22-55(23-21-54)24-25-60-37-17-16-34(42(59-3)41(37)48)39-40-45(51-28-52-46(40)63-43(39)29-12-14-31(49)15-13-29)62-38(47(56)57)26-30-8-4-6-10-35(30)61-27-32-18-19-50-44(53-32)33-9-5-7-11-36(33)58-2/h4-19,28,38H,20-27H2,1-3H3,(H,56,57)/t38-/m1/s1. The van der Waals surface area contributed by atoms with Crippen LogP contribution < -0.4 is 23.7 Å². The van der Waals surface area contributed by atoms with Crippen LogP contribution in [0.4, 0.5) is 4.39 Å². The van der Waals surface area contributed by atoms with E-state index in [0.717, 1.165) is 38.3 Å². The molecular formula is C47H44ClFN6O7S. The predicted octanol–water partition coefficient (Wildman–Crippen LogP) is 8.57. The molecule has 4 aromatic carbocycles. The molecule has 0 bridgehead atoms. The fraction of sp³-hybridized carbons (Fsp3) is 0.255. The summed E-state index contributed by atoms with van der Waals surface area (Å²) in [6.45, 7) is 5.16. The number of methoxy groups -OCH3 is 2. The van der Waals surface area contributed by atoms with Crippen molar-refractivity contribution in [2.45, 2.75) is 19.1 Å². The van der Waals surface area contributed by atoms with Gasteiger partial charge in [-0.2, -0.15) is 0 Å². The number of piperazine rings is 1. The first-order valence-corrected chi connectivity index (χ1v) is 21.4. The number of carboxylic acid groups (broad SMARTS) is 1. The first kappa shape index (κ1) is 43.3. The maximum Gasteiger partial charge on any atom is 0.345 e. The molecule has 0 radical (unpaired) electrons. The van der Waals surface area contributed by atoms with E-state index in [4.69, 9.17) is 40.3 Å². The lowest BCUT2D eigenvalue weighted by atomic mass is 9.98. The molecule has 0 aliphatic carbocycles. The zero-order chi connectivity index (χ0) is 43.9. The van der Waals surface area contributed by atoms with Gasteiger partial charge < -0.3 is 33.7 Å². The second-order valence-corrected chi connectivity index (χ2v) is 16.1. The lowest BCUT2D eigenvalue weighted by Crippen LogP contribution is -2.45. The molecule has 1 aliphatic heterocycles. The number of ether oxygens (including phenoxy) is 5. The van der Waals surface area contributed by atoms with Crippen molar-refractivity contribution in [3.63, 3.8) is 0 Å². The molecule has 0 saturated carbocycles. The maximum atomic E-state index is 14.2. The average molecular weight is 891 g/mol. The van der Waals surface area contributed by atoms with Gasteiger partial charge in [0.25, 0.3) is 0 Å². The SMILES string of the molecule is COc1ccccc1-c1nccc(COc2ccccc2C[C@@H](Oc2ncnc3sc(-c4ccc(F)cc4)c(-c4ccc(OCCN5CCN(C)CC5)c(Cl)c4OC)c23)C(=O)O)n1. The predicted molar refractivity (Wildman–Crippen MR) is 240 cm³/mol. The summed E-state index contributed by atoms with van der Waals surface area (Å²) in [7, 11) is 5.22. The Labute approximate surface area is 372 Å². The number of benzene rings is 4. The van der Waals surface area contributed by atoms with Gasteiger partial charge in [-0.25, -0.2) is 29.1 Å². The summed E-state index contributed by atoms with van der Waals surface area (Å²) >= 11 is 8.37. The fourth-order valence-electron chi connectivity index (χ4n) is 7.37. The van der Waals surface area contributed by atoms with Crippen LogP contribution in [0, 0.1) is 5.82 Å². The van der Waals surface area contributed by atoms with Gasteiger partial charge >= 0.3 is 5.97 Å². The highest BCUT2D eigenvalue weighted by atomic mass is 35.5. The van der Waals surface area contributed by atoms with Crippen LogP contribution in [0.25, 0.3) is 43.2 Å². The summed E-state index contributed by atoms with van der Waals surface area (Å²) in [5.74, 6) is 0.764. The minimum absolute atomic E-state index is 0.0287. The first-order valence-electron chi connectivity index (χ1n) is 20.2. The summed E-state index contributed by atoms with van der Waals surface area (Å²) in [6, 6.07) is 26.1. The van der Waals surface area contributed by atoms with E-state index in [1.807, 2.05) is 30.3 Å². The molecule has 0 spiro atoms. The molecule has 13 nitrogen and oxygen atoms in total. The van der Waals surface area contributed by atoms with E-state index >= 15 is 0 Å². The number of aliphatic carboxylic acids is 1. The van der Waals surface area contributed by atoms with Crippen molar-refractivity contribution in [2.24, 2.45) is 0 Å². The van der Waals surface area contributed by atoms with Crippen LogP contribution in [0.1, 0.15) is 11.3 Å². The molecule has 1 N–H and O–H groups in total. The van der Waals surface area contributed by atoms with Gasteiger partial charge in [-0.05, 0) is 66.7 Å². The number of likely N-dealkylation sites (N-methyl/N-ethyl adjacent to an activating group) is 1. The molecule has 4 heterocycles. The molecule has 324 valence electrons. The van der Waals surface area contributed by atoms with E-state index in [0.29, 0.717) is 78.5 Å².